The van der Waals surface area contributed by atoms with Crippen LogP contribution in [0.2, 0.25) is 5.02 Å². The number of fused-ring (bicyclic) bond motifs is 1. The molecule has 2 unspecified atom stereocenters. The Kier molecular flexibility index (Phi) is 8.36. The number of hydrogen-bond donors (Lipinski definition) is 4. The fraction of sp³-hybridized carbons (Fsp3) is 0.500. The van der Waals surface area contributed by atoms with E-state index in [-0.39, 0.29) is 52.1 Å². The summed E-state index contributed by atoms with van der Waals surface area (Å²) < 4.78 is 16.9. The van der Waals surface area contributed by atoms with Crippen molar-refractivity contribution in [3.8, 4) is 6.07 Å². The number of halogens is 2. The zero-order valence-electron chi connectivity index (χ0n) is 23.3. The number of nitrogens with zero attached hydrogens (tertiary/aromatic N) is 6. The topological polar surface area (TPSA) is 175 Å². The van der Waals surface area contributed by atoms with Gasteiger partial charge in [0, 0.05) is 24.5 Å². The van der Waals surface area contributed by atoms with Crippen molar-refractivity contribution in [2.24, 2.45) is 17.6 Å². The van der Waals surface area contributed by atoms with Gasteiger partial charge in [-0.2, -0.15) is 10.2 Å². The summed E-state index contributed by atoms with van der Waals surface area (Å²) in [6.07, 6.45) is 4.50. The number of aromatic nitrogens is 4. The predicted molar refractivity (Wildman–Crippen MR) is 155 cm³/mol. The molecule has 2 aromatic heterocycles. The van der Waals surface area contributed by atoms with Gasteiger partial charge in [-0.25, -0.2) is 19.2 Å². The highest BCUT2D eigenvalue weighted by molar-refractivity contribution is 6.33. The Hall–Kier alpha value is -4.18. The summed E-state index contributed by atoms with van der Waals surface area (Å²) in [7, 11) is 0. The monoisotopic (exact) mass is 597 g/mol. The number of carboxylic acid groups (broad SMARTS) is 1. The maximum absolute atomic E-state index is 15.0. The van der Waals surface area contributed by atoms with Crippen molar-refractivity contribution in [1.29, 1.82) is 5.26 Å². The first-order chi connectivity index (χ1) is 20.1. The van der Waals surface area contributed by atoms with Gasteiger partial charge >= 0.3 is 6.09 Å². The highest BCUT2D eigenvalue weighted by atomic mass is 35.5. The molecule has 1 aromatic carbocycles. The molecule has 1 saturated heterocycles. The Morgan fingerprint density at radius 3 is 2.57 bits per heavy atom. The smallest absolute Gasteiger partial charge is 0.407 e. The van der Waals surface area contributed by atoms with E-state index in [0.717, 1.165) is 12.5 Å². The van der Waals surface area contributed by atoms with Crippen LogP contribution in [0.3, 0.4) is 0 Å². The van der Waals surface area contributed by atoms with Crippen LogP contribution in [0.25, 0.3) is 11.2 Å². The van der Waals surface area contributed by atoms with Crippen molar-refractivity contribution in [2.45, 2.75) is 70.5 Å². The minimum Gasteiger partial charge on any atom is -0.465 e. The third-order valence-electron chi connectivity index (χ3n) is 8.23. The van der Waals surface area contributed by atoms with Crippen LogP contribution in [-0.2, 0) is 4.79 Å². The molecule has 0 spiro atoms. The molecule has 1 aliphatic heterocycles. The molecule has 2 fully saturated rings. The Labute approximate surface area is 247 Å². The lowest BCUT2D eigenvalue weighted by Crippen LogP contribution is -2.55. The number of imidazole rings is 1. The van der Waals surface area contributed by atoms with E-state index in [9.17, 15) is 24.3 Å². The number of benzene rings is 1. The number of nitrogens with two attached hydrogens (primary N) is 1. The molecular formula is C28H33ClFN9O3. The zero-order chi connectivity index (χ0) is 30.1. The van der Waals surface area contributed by atoms with Crippen LogP contribution in [-0.4, -0.2) is 60.2 Å². The zero-order valence-corrected chi connectivity index (χ0v) is 24.1. The van der Waals surface area contributed by atoms with E-state index in [2.05, 4.69) is 20.6 Å². The maximum atomic E-state index is 15.0. The van der Waals surface area contributed by atoms with Gasteiger partial charge in [-0.05, 0) is 56.6 Å². The molecule has 3 aromatic rings. The third kappa shape index (κ3) is 5.76. The molecule has 222 valence electrons. The number of likely N-dealkylation sites (tertiary alicyclic amines) is 1. The summed E-state index contributed by atoms with van der Waals surface area (Å²) in [4.78, 5) is 39.2. The number of carbonyl (C=O) groups excluding carboxylic acids is 1. The summed E-state index contributed by atoms with van der Waals surface area (Å²) in [6, 6.07) is 3.76. The molecular weight excluding hydrogens is 565 g/mol. The van der Waals surface area contributed by atoms with Crippen molar-refractivity contribution in [2.75, 3.05) is 17.2 Å². The van der Waals surface area contributed by atoms with Gasteiger partial charge in [0.2, 0.25) is 17.8 Å². The largest absolute Gasteiger partial charge is 0.465 e. The van der Waals surface area contributed by atoms with E-state index in [1.165, 1.54) is 11.0 Å². The van der Waals surface area contributed by atoms with Crippen LogP contribution in [0, 0.1) is 29.0 Å². The van der Waals surface area contributed by atoms with Gasteiger partial charge in [-0.1, -0.05) is 25.4 Å². The number of amides is 2. The Balaban J connectivity index is 1.53. The second-order valence-corrected chi connectivity index (χ2v) is 11.7. The number of carbonyl (C=O) groups is 2. The molecule has 14 heteroatoms. The number of piperidine rings is 1. The second kappa shape index (κ2) is 12.0. The molecule has 1 aliphatic carbocycles. The lowest BCUT2D eigenvalue weighted by atomic mass is 9.85. The molecule has 2 atom stereocenters. The predicted octanol–water partition coefficient (Wildman–Crippen LogP) is 5.03. The van der Waals surface area contributed by atoms with E-state index in [0.29, 0.717) is 61.7 Å². The second-order valence-electron chi connectivity index (χ2n) is 11.3. The molecule has 2 amide bonds. The van der Waals surface area contributed by atoms with Crippen molar-refractivity contribution < 1.29 is 19.1 Å². The van der Waals surface area contributed by atoms with E-state index < -0.39 is 11.9 Å². The molecule has 42 heavy (non-hydrogen) atoms. The summed E-state index contributed by atoms with van der Waals surface area (Å²) in [5, 5.41) is 25.3. The van der Waals surface area contributed by atoms with Crippen LogP contribution >= 0.6 is 11.6 Å². The normalized spacial score (nSPS) is 22.6. The Bertz CT molecular complexity index is 1520. The van der Waals surface area contributed by atoms with Crippen LogP contribution in [0.5, 0.6) is 0 Å². The van der Waals surface area contributed by atoms with E-state index in [4.69, 9.17) is 22.3 Å². The summed E-state index contributed by atoms with van der Waals surface area (Å²) in [6.45, 7) is 4.46. The van der Waals surface area contributed by atoms with Gasteiger partial charge in [0.1, 0.15) is 11.3 Å². The summed E-state index contributed by atoms with van der Waals surface area (Å²) >= 11 is 6.34. The Morgan fingerprint density at radius 2 is 1.95 bits per heavy atom. The van der Waals surface area contributed by atoms with Crippen LogP contribution in [0.1, 0.15) is 64.0 Å². The highest BCUT2D eigenvalue weighted by Gasteiger charge is 2.37. The van der Waals surface area contributed by atoms with E-state index in [1.54, 1.807) is 6.20 Å². The molecule has 0 bridgehead atoms. The standard InChI is InChI=1S/C28H33ClFN9O3/c1-14(2)23-20(4-3-9-38(23)28(41)42)34-26-33-13-21-25(37-26)39(17-7-5-16(6-8-17)24(32)40)27(35-21)36-22-18(29)10-15(12-31)11-19(22)30/h10-11,13-14,16-17,20,23H,3-9H2,1-2H3,(H2,32,40)(H,35,36)(H,41,42)(H,33,34,37). The van der Waals surface area contributed by atoms with Gasteiger partial charge < -0.3 is 26.4 Å². The van der Waals surface area contributed by atoms with Crippen molar-refractivity contribution >= 4 is 52.3 Å². The first-order valence-corrected chi connectivity index (χ1v) is 14.4. The quantitative estimate of drug-likeness (QED) is 0.291. The molecule has 5 N–H and O–H groups in total. The van der Waals surface area contributed by atoms with E-state index in [1.807, 2.05) is 24.5 Å². The molecule has 3 heterocycles. The van der Waals surface area contributed by atoms with Crippen LogP contribution in [0.4, 0.5) is 26.8 Å². The average molecular weight is 598 g/mol. The lowest BCUT2D eigenvalue weighted by Gasteiger charge is -2.42. The van der Waals surface area contributed by atoms with E-state index >= 15 is 0 Å². The van der Waals surface area contributed by atoms with Crippen molar-refractivity contribution in [1.82, 2.24) is 24.4 Å². The lowest BCUT2D eigenvalue weighted by molar-refractivity contribution is -0.122. The molecule has 0 radical (unpaired) electrons. The third-order valence-corrected chi connectivity index (χ3v) is 8.53. The van der Waals surface area contributed by atoms with Crippen LogP contribution < -0.4 is 16.4 Å². The minimum absolute atomic E-state index is 0.0241. The average Bonchev–Trinajstić information content (AvgIpc) is 3.31. The van der Waals surface area contributed by atoms with Crippen molar-refractivity contribution in [3.63, 3.8) is 0 Å². The number of rotatable bonds is 7. The fourth-order valence-corrected chi connectivity index (χ4v) is 6.53. The molecule has 2 aliphatic rings. The first kappa shape index (κ1) is 29.3. The Morgan fingerprint density at radius 1 is 1.21 bits per heavy atom. The van der Waals surface area contributed by atoms with Gasteiger partial charge in [0.15, 0.2) is 5.65 Å². The number of nitriles is 1. The van der Waals surface area contributed by atoms with Gasteiger partial charge in [0.25, 0.3) is 0 Å². The minimum atomic E-state index is -0.953. The summed E-state index contributed by atoms with van der Waals surface area (Å²) in [5.74, 6) is -0.572. The van der Waals surface area contributed by atoms with Gasteiger partial charge in [-0.3, -0.25) is 9.36 Å². The highest BCUT2D eigenvalue weighted by Crippen LogP contribution is 2.38. The number of primary amides is 1. The van der Waals surface area contributed by atoms with Crippen molar-refractivity contribution in [3.05, 3.63) is 34.7 Å². The van der Waals surface area contributed by atoms with Gasteiger partial charge in [0.05, 0.1) is 34.6 Å². The maximum Gasteiger partial charge on any atom is 0.407 e. The molecule has 5 rings (SSSR count). The number of nitrogens with one attached hydrogen (secondary N) is 2. The molecule has 1 saturated carbocycles. The van der Waals surface area contributed by atoms with Crippen LogP contribution in [0.15, 0.2) is 18.3 Å². The summed E-state index contributed by atoms with van der Waals surface area (Å²) in [5.41, 5.74) is 6.58. The number of hydrogen-bond acceptors (Lipinski definition) is 8. The first-order valence-electron chi connectivity index (χ1n) is 14.0. The SMILES string of the molecule is CC(C)C1C(Nc2ncc3nc(Nc4c(F)cc(C#N)cc4Cl)n(C4CCC(C(N)=O)CC4)c3n2)CCCN1C(=O)O. The van der Waals surface area contributed by atoms with Gasteiger partial charge in [-0.15, -0.1) is 0 Å². The molecule has 12 nitrogen and oxygen atoms in total. The number of anilines is 3. The fourth-order valence-electron chi connectivity index (χ4n) is 6.27.